The number of carbonyl (C=O) groups excluding carboxylic acids is 2. The minimum Gasteiger partial charge on any atom is -0.357 e. The van der Waals surface area contributed by atoms with Crippen LogP contribution in [0.3, 0.4) is 0 Å². The molecule has 2 N–H and O–H groups in total. The van der Waals surface area contributed by atoms with Gasteiger partial charge in [-0.15, -0.1) is 0 Å². The van der Waals surface area contributed by atoms with Crippen molar-refractivity contribution in [2.45, 2.75) is 25.3 Å². The first-order chi connectivity index (χ1) is 9.06. The van der Waals surface area contributed by atoms with Gasteiger partial charge in [0, 0.05) is 13.6 Å². The number of aromatic nitrogens is 1. The number of amides is 2. The van der Waals surface area contributed by atoms with E-state index in [1.165, 1.54) is 4.90 Å². The second kappa shape index (κ2) is 5.75. The summed E-state index contributed by atoms with van der Waals surface area (Å²) in [6.45, 7) is 0.499. The summed E-state index contributed by atoms with van der Waals surface area (Å²) in [5.41, 5.74) is -0.469. The van der Waals surface area contributed by atoms with E-state index in [1.54, 1.807) is 7.05 Å². The number of piperidine rings is 1. The molecule has 2 rings (SSSR count). The van der Waals surface area contributed by atoms with Crippen LogP contribution in [0.4, 0.5) is 0 Å². The number of likely N-dealkylation sites (N-methyl/N-ethyl adjacent to an activating group) is 1. The van der Waals surface area contributed by atoms with Crippen molar-refractivity contribution >= 4 is 34.9 Å². The third kappa shape index (κ3) is 2.66. The summed E-state index contributed by atoms with van der Waals surface area (Å²) >= 11 is 6.71. The molecule has 1 aromatic heterocycles. The van der Waals surface area contributed by atoms with Gasteiger partial charge in [-0.25, -0.2) is 0 Å². The lowest BCUT2D eigenvalue weighted by atomic mass is 10.0. The minimum absolute atomic E-state index is 0.101. The molecule has 6 nitrogen and oxygen atoms in total. The van der Waals surface area contributed by atoms with E-state index in [4.69, 9.17) is 11.6 Å². The van der Waals surface area contributed by atoms with Gasteiger partial charge >= 0.3 is 0 Å². The summed E-state index contributed by atoms with van der Waals surface area (Å²) in [6.07, 6.45) is 2.37. The monoisotopic (exact) mass is 303 g/mol. The van der Waals surface area contributed by atoms with Gasteiger partial charge in [0.2, 0.25) is 5.91 Å². The Labute approximate surface area is 118 Å². The molecular formula is C11H14ClN3O3S. The second-order valence-corrected chi connectivity index (χ2v) is 5.50. The number of carbonyl (C=O) groups is 2. The van der Waals surface area contributed by atoms with Crippen LogP contribution in [0.25, 0.3) is 0 Å². The zero-order valence-electron chi connectivity index (χ0n) is 10.4. The number of rotatable bonds is 2. The second-order valence-electron chi connectivity index (χ2n) is 4.30. The molecule has 0 spiro atoms. The summed E-state index contributed by atoms with van der Waals surface area (Å²) in [5.74, 6) is -0.547. The van der Waals surface area contributed by atoms with Crippen LogP contribution in [0, 0.1) is 0 Å². The van der Waals surface area contributed by atoms with Crippen LogP contribution >= 0.6 is 23.1 Å². The number of halogens is 1. The molecule has 1 fully saturated rings. The maximum Gasteiger partial charge on any atom is 0.277 e. The van der Waals surface area contributed by atoms with E-state index in [1.807, 2.05) is 0 Å². The van der Waals surface area contributed by atoms with Gasteiger partial charge < -0.3 is 10.2 Å². The zero-order valence-corrected chi connectivity index (χ0v) is 11.9. The normalized spacial score (nSPS) is 19.3. The van der Waals surface area contributed by atoms with Crippen molar-refractivity contribution in [3.63, 3.8) is 0 Å². The van der Waals surface area contributed by atoms with E-state index >= 15 is 0 Å². The maximum absolute atomic E-state index is 12.4. The predicted molar refractivity (Wildman–Crippen MR) is 72.7 cm³/mol. The highest BCUT2D eigenvalue weighted by Crippen LogP contribution is 2.23. The quantitative estimate of drug-likeness (QED) is 0.849. The molecule has 0 radical (unpaired) electrons. The molecule has 1 aliphatic rings. The van der Waals surface area contributed by atoms with E-state index < -0.39 is 11.6 Å². The summed E-state index contributed by atoms with van der Waals surface area (Å²) < 4.78 is 2.42. The maximum atomic E-state index is 12.4. The summed E-state index contributed by atoms with van der Waals surface area (Å²) in [6, 6.07) is -0.487. The Bertz CT molecular complexity index is 554. The number of nitrogens with zero attached hydrogens (tertiary/aromatic N) is 1. The van der Waals surface area contributed by atoms with Gasteiger partial charge in [-0.2, -0.15) is 0 Å². The van der Waals surface area contributed by atoms with E-state index in [0.717, 1.165) is 24.4 Å². The van der Waals surface area contributed by atoms with E-state index in [0.29, 0.717) is 13.0 Å². The average molecular weight is 304 g/mol. The summed E-state index contributed by atoms with van der Waals surface area (Å²) in [4.78, 5) is 37.1. The third-order valence-corrected chi connectivity index (χ3v) is 4.49. The molecule has 1 aliphatic heterocycles. The van der Waals surface area contributed by atoms with E-state index in [2.05, 4.69) is 9.69 Å². The zero-order chi connectivity index (χ0) is 14.0. The molecule has 1 atom stereocenters. The number of hydrogen-bond donors (Lipinski definition) is 2. The van der Waals surface area contributed by atoms with Crippen molar-refractivity contribution in [2.24, 2.45) is 0 Å². The minimum atomic E-state index is -0.487. The first-order valence-corrected chi connectivity index (χ1v) is 7.15. The molecule has 0 bridgehead atoms. The Balaban J connectivity index is 2.27. The Morgan fingerprint density at radius 1 is 1.47 bits per heavy atom. The Morgan fingerprint density at radius 3 is 2.79 bits per heavy atom. The van der Waals surface area contributed by atoms with Crippen molar-refractivity contribution in [3.8, 4) is 0 Å². The Morgan fingerprint density at radius 2 is 2.21 bits per heavy atom. The van der Waals surface area contributed by atoms with Crippen LogP contribution in [-0.4, -0.2) is 40.7 Å². The number of aromatic amines is 1. The number of hydrogen-bond acceptors (Lipinski definition) is 4. The van der Waals surface area contributed by atoms with E-state index in [-0.39, 0.29) is 21.7 Å². The van der Waals surface area contributed by atoms with Gasteiger partial charge in [0.05, 0.1) is 0 Å². The molecule has 1 saturated heterocycles. The first-order valence-electron chi connectivity index (χ1n) is 5.95. The lowest BCUT2D eigenvalue weighted by Gasteiger charge is -2.34. The van der Waals surface area contributed by atoms with Gasteiger partial charge in [0.25, 0.3) is 11.5 Å². The summed E-state index contributed by atoms with van der Waals surface area (Å²) in [5, 5.41) is 2.46. The molecule has 104 valence electrons. The third-order valence-electron chi connectivity index (χ3n) is 3.15. The largest absolute Gasteiger partial charge is 0.357 e. The van der Waals surface area contributed by atoms with Crippen LogP contribution in [0.1, 0.15) is 28.9 Å². The fourth-order valence-electron chi connectivity index (χ4n) is 2.17. The lowest BCUT2D eigenvalue weighted by Crippen LogP contribution is -2.51. The molecular weight excluding hydrogens is 290 g/mol. The van der Waals surface area contributed by atoms with Crippen LogP contribution in [0.5, 0.6) is 0 Å². The first kappa shape index (κ1) is 14.1. The lowest BCUT2D eigenvalue weighted by molar-refractivity contribution is -0.126. The number of nitrogens with one attached hydrogen (secondary N) is 2. The van der Waals surface area contributed by atoms with Crippen molar-refractivity contribution < 1.29 is 9.59 Å². The van der Waals surface area contributed by atoms with Crippen LogP contribution in [0.2, 0.25) is 5.02 Å². The fraction of sp³-hybridized carbons (Fsp3) is 0.545. The van der Waals surface area contributed by atoms with Gasteiger partial charge in [0.15, 0.2) is 0 Å². The van der Waals surface area contributed by atoms with Crippen LogP contribution < -0.4 is 10.9 Å². The van der Waals surface area contributed by atoms with Crippen molar-refractivity contribution in [1.82, 2.24) is 14.6 Å². The summed E-state index contributed by atoms with van der Waals surface area (Å²) in [7, 11) is 1.54. The van der Waals surface area contributed by atoms with Crippen molar-refractivity contribution in [2.75, 3.05) is 13.6 Å². The molecule has 2 amide bonds. The molecule has 2 heterocycles. The van der Waals surface area contributed by atoms with Crippen molar-refractivity contribution in [3.05, 3.63) is 20.3 Å². The topological polar surface area (TPSA) is 82.3 Å². The SMILES string of the molecule is CNC(=O)C1CCCCN1C(=O)c1s[nH]c(=O)c1Cl. The molecule has 8 heteroatoms. The Kier molecular flexibility index (Phi) is 4.26. The molecule has 0 aromatic carbocycles. The fourth-order valence-corrected chi connectivity index (χ4v) is 3.16. The number of H-pyrrole nitrogens is 1. The molecule has 1 aromatic rings. The highest BCUT2D eigenvalue weighted by atomic mass is 35.5. The van der Waals surface area contributed by atoms with Gasteiger partial charge in [0.1, 0.15) is 15.9 Å². The average Bonchev–Trinajstić information content (AvgIpc) is 2.77. The number of likely N-dealkylation sites (tertiary alicyclic amines) is 1. The smallest absolute Gasteiger partial charge is 0.277 e. The van der Waals surface area contributed by atoms with Gasteiger partial charge in [-0.3, -0.25) is 18.8 Å². The molecule has 0 aliphatic carbocycles. The highest BCUT2D eigenvalue weighted by Gasteiger charge is 2.33. The van der Waals surface area contributed by atoms with Gasteiger partial charge in [-0.05, 0) is 19.3 Å². The molecule has 19 heavy (non-hydrogen) atoms. The molecule has 0 saturated carbocycles. The van der Waals surface area contributed by atoms with Gasteiger partial charge in [-0.1, -0.05) is 23.1 Å². The standard InChI is InChI=1S/C11H14ClN3O3S/c1-13-9(16)6-4-2-3-5-15(6)11(18)8-7(12)10(17)14-19-8/h6H,2-5H2,1H3,(H,13,16)(H,14,17). The highest BCUT2D eigenvalue weighted by molar-refractivity contribution is 7.08. The molecule has 1 unspecified atom stereocenters. The Hall–Kier alpha value is -1.34. The van der Waals surface area contributed by atoms with E-state index in [9.17, 15) is 14.4 Å². The predicted octanol–water partition coefficient (Wildman–Crippen LogP) is 0.830. The van der Waals surface area contributed by atoms with Crippen LogP contribution in [-0.2, 0) is 4.79 Å². The van der Waals surface area contributed by atoms with Crippen molar-refractivity contribution in [1.29, 1.82) is 0 Å². The van der Waals surface area contributed by atoms with Crippen LogP contribution in [0.15, 0.2) is 4.79 Å².